The molecule has 0 radical (unpaired) electrons. The minimum Gasteiger partial charge on any atom is -0.310 e. The van der Waals surface area contributed by atoms with E-state index in [1.165, 1.54) is 72.0 Å². The van der Waals surface area contributed by atoms with Crippen LogP contribution in [0.2, 0.25) is 0 Å². The van der Waals surface area contributed by atoms with Crippen LogP contribution in [-0.2, 0) is 5.41 Å². The van der Waals surface area contributed by atoms with E-state index in [-0.39, 0.29) is 0 Å². The fourth-order valence-electron chi connectivity index (χ4n) is 9.06. The minimum absolute atomic E-state index is 0.510. The largest absolute Gasteiger partial charge is 0.310 e. The number of benzene rings is 9. The van der Waals surface area contributed by atoms with E-state index in [0.717, 1.165) is 17.1 Å². The number of anilines is 3. The third-order valence-corrected chi connectivity index (χ3v) is 11.5. The highest BCUT2D eigenvalue weighted by Gasteiger charge is 2.47. The van der Waals surface area contributed by atoms with Crippen molar-refractivity contribution in [2.24, 2.45) is 0 Å². The third kappa shape index (κ3) is 5.31. The Morgan fingerprint density at radius 3 is 1.62 bits per heavy atom. The maximum Gasteiger partial charge on any atom is 0.0714 e. The second-order valence-electron chi connectivity index (χ2n) is 14.5. The van der Waals surface area contributed by atoms with E-state index in [4.69, 9.17) is 0 Å². The monoisotopic (exact) mass is 701 g/mol. The highest BCUT2D eigenvalue weighted by atomic mass is 15.1. The number of rotatable bonds is 7. The Labute approximate surface area is 323 Å². The fraction of sp³-hybridized carbons (Fsp3) is 0.0370. The van der Waals surface area contributed by atoms with Crippen molar-refractivity contribution in [3.8, 4) is 33.4 Å². The summed E-state index contributed by atoms with van der Waals surface area (Å²) in [6.07, 6.45) is 0. The first-order chi connectivity index (χ1) is 27.2. The summed E-state index contributed by atoms with van der Waals surface area (Å²) in [5.74, 6) is 0. The summed E-state index contributed by atoms with van der Waals surface area (Å²) in [4.78, 5) is 2.47. The lowest BCUT2D eigenvalue weighted by Gasteiger charge is -2.35. The van der Waals surface area contributed by atoms with E-state index in [1.807, 2.05) is 0 Å². The summed E-state index contributed by atoms with van der Waals surface area (Å²) in [7, 11) is 0. The second-order valence-corrected chi connectivity index (χ2v) is 14.5. The molecule has 1 heteroatoms. The van der Waals surface area contributed by atoms with Gasteiger partial charge in [0, 0.05) is 16.9 Å². The van der Waals surface area contributed by atoms with Crippen molar-refractivity contribution in [2.75, 3.05) is 4.90 Å². The van der Waals surface area contributed by atoms with Gasteiger partial charge in [-0.25, -0.2) is 0 Å². The highest BCUT2D eigenvalue weighted by molar-refractivity contribution is 6.05. The van der Waals surface area contributed by atoms with E-state index in [1.54, 1.807) is 0 Å². The Morgan fingerprint density at radius 2 is 0.945 bits per heavy atom. The lowest BCUT2D eigenvalue weighted by atomic mass is 9.67. The molecule has 260 valence electrons. The molecule has 0 N–H and O–H groups in total. The molecular formula is C54H39N. The van der Waals surface area contributed by atoms with Gasteiger partial charge in [-0.2, -0.15) is 0 Å². The average Bonchev–Trinajstić information content (AvgIpc) is 3.56. The predicted molar refractivity (Wildman–Crippen MR) is 232 cm³/mol. The Hall–Kier alpha value is -6.96. The topological polar surface area (TPSA) is 3.24 Å². The van der Waals surface area contributed by atoms with Crippen molar-refractivity contribution in [3.63, 3.8) is 0 Å². The summed E-state index contributed by atoms with van der Waals surface area (Å²) in [5, 5.41) is 2.45. The quantitative estimate of drug-likeness (QED) is 0.160. The van der Waals surface area contributed by atoms with Gasteiger partial charge in [0.15, 0.2) is 0 Å². The van der Waals surface area contributed by atoms with Crippen LogP contribution in [0.25, 0.3) is 44.2 Å². The van der Waals surface area contributed by atoms with Crippen LogP contribution >= 0.6 is 0 Å². The van der Waals surface area contributed by atoms with E-state index in [2.05, 4.69) is 230 Å². The van der Waals surface area contributed by atoms with Gasteiger partial charge in [0.1, 0.15) is 0 Å². The first-order valence-electron chi connectivity index (χ1n) is 19.1. The van der Waals surface area contributed by atoms with Crippen LogP contribution in [0.1, 0.15) is 27.8 Å². The lowest BCUT2D eigenvalue weighted by molar-refractivity contribution is 0.768. The molecular weight excluding hydrogens is 663 g/mol. The van der Waals surface area contributed by atoms with E-state index in [9.17, 15) is 0 Å². The van der Waals surface area contributed by atoms with Crippen molar-refractivity contribution >= 4 is 27.8 Å². The number of hydrogen-bond acceptors (Lipinski definition) is 1. The zero-order chi connectivity index (χ0) is 36.8. The van der Waals surface area contributed by atoms with Crippen molar-refractivity contribution in [1.29, 1.82) is 0 Å². The van der Waals surface area contributed by atoms with Crippen LogP contribution in [0.3, 0.4) is 0 Å². The van der Waals surface area contributed by atoms with E-state index in [0.29, 0.717) is 0 Å². The van der Waals surface area contributed by atoms with Gasteiger partial charge in [-0.05, 0) is 104 Å². The number of nitrogens with zero attached hydrogens (tertiary/aromatic N) is 1. The zero-order valence-electron chi connectivity index (χ0n) is 30.7. The van der Waals surface area contributed by atoms with Gasteiger partial charge in [0.25, 0.3) is 0 Å². The van der Waals surface area contributed by atoms with Gasteiger partial charge in [0.05, 0.1) is 11.1 Å². The van der Waals surface area contributed by atoms with Crippen LogP contribution < -0.4 is 4.90 Å². The first kappa shape index (κ1) is 32.7. The third-order valence-electron chi connectivity index (χ3n) is 11.5. The molecule has 0 saturated carbocycles. The molecule has 1 aliphatic rings. The predicted octanol–water partition coefficient (Wildman–Crippen LogP) is 14.3. The Bertz CT molecular complexity index is 2750. The summed E-state index contributed by atoms with van der Waals surface area (Å²) in [6.45, 7) is 2.25. The second kappa shape index (κ2) is 13.5. The van der Waals surface area contributed by atoms with Gasteiger partial charge in [0.2, 0.25) is 0 Å². The van der Waals surface area contributed by atoms with Gasteiger partial charge in [-0.1, -0.05) is 188 Å². The van der Waals surface area contributed by atoms with Gasteiger partial charge in [-0.15, -0.1) is 0 Å². The molecule has 9 aromatic carbocycles. The smallest absolute Gasteiger partial charge is 0.0714 e. The SMILES string of the molecule is Cc1cccc2c1-c1ccc(N(c3ccc(-c4ccccc4)cc3)c3ccc4ccccc4c3-c3ccccc3)cc1C2(c1ccccc1)c1ccccc1. The zero-order valence-corrected chi connectivity index (χ0v) is 30.7. The van der Waals surface area contributed by atoms with Crippen LogP contribution in [0, 0.1) is 6.92 Å². The summed E-state index contributed by atoms with van der Waals surface area (Å²) < 4.78 is 0. The van der Waals surface area contributed by atoms with Crippen molar-refractivity contribution in [3.05, 3.63) is 246 Å². The molecule has 0 unspecified atom stereocenters. The molecule has 0 amide bonds. The van der Waals surface area contributed by atoms with Crippen LogP contribution in [0.15, 0.2) is 218 Å². The molecule has 0 atom stereocenters. The average molecular weight is 702 g/mol. The van der Waals surface area contributed by atoms with Crippen LogP contribution in [0.5, 0.6) is 0 Å². The maximum absolute atomic E-state index is 2.48. The molecule has 9 aromatic rings. The highest BCUT2D eigenvalue weighted by Crippen LogP contribution is 2.58. The standard InChI is InChI=1S/C54H39N/c1-38-17-16-28-49-52(38)48-35-34-46(37-50(48)54(49,43-23-10-4-11-24-43)44-25-12-5-13-26-44)55(45-32-29-40(30-33-45)39-18-6-2-7-19-39)51-36-31-41-20-14-15-27-47(41)53(51)42-21-8-3-9-22-42/h2-37H,1H3. The van der Waals surface area contributed by atoms with Crippen molar-refractivity contribution < 1.29 is 0 Å². The van der Waals surface area contributed by atoms with Gasteiger partial charge < -0.3 is 4.90 Å². The van der Waals surface area contributed by atoms with E-state index >= 15 is 0 Å². The molecule has 0 aromatic heterocycles. The molecule has 0 spiro atoms. The van der Waals surface area contributed by atoms with Crippen molar-refractivity contribution in [1.82, 2.24) is 0 Å². The molecule has 1 nitrogen and oxygen atoms in total. The van der Waals surface area contributed by atoms with Crippen LogP contribution in [-0.4, -0.2) is 0 Å². The Balaban J connectivity index is 1.28. The summed E-state index contributed by atoms with van der Waals surface area (Å²) >= 11 is 0. The molecule has 10 rings (SSSR count). The lowest BCUT2D eigenvalue weighted by Crippen LogP contribution is -2.28. The number of aryl methyl sites for hydroxylation is 1. The number of hydrogen-bond donors (Lipinski definition) is 0. The van der Waals surface area contributed by atoms with Crippen molar-refractivity contribution in [2.45, 2.75) is 12.3 Å². The Kier molecular flexibility index (Phi) is 8.00. The molecule has 1 aliphatic carbocycles. The van der Waals surface area contributed by atoms with Gasteiger partial charge >= 0.3 is 0 Å². The summed E-state index contributed by atoms with van der Waals surface area (Å²) in [5.41, 5.74) is 16.7. The fourth-order valence-corrected chi connectivity index (χ4v) is 9.06. The normalized spacial score (nSPS) is 12.6. The number of fused-ring (bicyclic) bond motifs is 4. The molecule has 0 bridgehead atoms. The van der Waals surface area contributed by atoms with E-state index < -0.39 is 5.41 Å². The first-order valence-corrected chi connectivity index (χ1v) is 19.1. The van der Waals surface area contributed by atoms with Crippen LogP contribution in [0.4, 0.5) is 17.1 Å². The summed E-state index contributed by atoms with van der Waals surface area (Å²) in [6, 6.07) is 80.1. The molecule has 0 saturated heterocycles. The molecule has 0 heterocycles. The van der Waals surface area contributed by atoms with Gasteiger partial charge in [-0.3, -0.25) is 0 Å². The minimum atomic E-state index is -0.510. The molecule has 55 heavy (non-hydrogen) atoms. The maximum atomic E-state index is 2.48. The molecule has 0 aliphatic heterocycles. The Morgan fingerprint density at radius 1 is 0.382 bits per heavy atom. The molecule has 0 fully saturated rings.